The first kappa shape index (κ1) is 18.2. The molecule has 0 spiro atoms. The quantitative estimate of drug-likeness (QED) is 0.287. The van der Waals surface area contributed by atoms with Crippen LogP contribution in [0.5, 0.6) is 5.75 Å². The normalized spacial score (nSPS) is 12.8. The first-order valence-electron chi connectivity index (χ1n) is 6.91. The highest BCUT2D eigenvalue weighted by atomic mass is 16.5. The standard InChI is InChI=1S/C18H20O5/c1-12(10-14-5-7-15(22-3)8-6-14)9-13(2)11-16(17(19)20)18(21)23-4/h5-11H,1-4H3,(H,19,20)/b12-10+,13-9+,16-11+. The lowest BCUT2D eigenvalue weighted by Crippen LogP contribution is -2.13. The number of ether oxygens (including phenoxy) is 2. The zero-order chi connectivity index (χ0) is 17.4. The maximum atomic E-state index is 11.4. The smallest absolute Gasteiger partial charge is 0.345 e. The van der Waals surface area contributed by atoms with Crippen LogP contribution in [0.2, 0.25) is 0 Å². The van der Waals surface area contributed by atoms with Gasteiger partial charge in [-0.3, -0.25) is 0 Å². The van der Waals surface area contributed by atoms with Gasteiger partial charge in [0.05, 0.1) is 14.2 Å². The molecule has 0 fully saturated rings. The van der Waals surface area contributed by atoms with Crippen molar-refractivity contribution in [3.05, 3.63) is 58.7 Å². The third-order valence-electron chi connectivity index (χ3n) is 2.97. The zero-order valence-corrected chi connectivity index (χ0v) is 13.6. The Bertz CT molecular complexity index is 663. The summed E-state index contributed by atoms with van der Waals surface area (Å²) in [7, 11) is 2.75. The van der Waals surface area contributed by atoms with Crippen molar-refractivity contribution in [2.45, 2.75) is 13.8 Å². The van der Waals surface area contributed by atoms with Crippen LogP contribution in [-0.4, -0.2) is 31.3 Å². The van der Waals surface area contributed by atoms with Gasteiger partial charge >= 0.3 is 11.9 Å². The summed E-state index contributed by atoms with van der Waals surface area (Å²) in [5, 5.41) is 9.02. The number of aliphatic carboxylic acids is 1. The highest BCUT2D eigenvalue weighted by Crippen LogP contribution is 2.15. The maximum absolute atomic E-state index is 11.4. The Hall–Kier alpha value is -2.82. The fourth-order valence-electron chi connectivity index (χ4n) is 1.95. The van der Waals surface area contributed by atoms with Crippen LogP contribution < -0.4 is 4.74 Å². The summed E-state index contributed by atoms with van der Waals surface area (Å²) in [6.07, 6.45) is 5.02. The molecule has 0 radical (unpaired) electrons. The van der Waals surface area contributed by atoms with Crippen molar-refractivity contribution in [3.8, 4) is 5.75 Å². The third kappa shape index (κ3) is 5.82. The number of carbonyl (C=O) groups excluding carboxylic acids is 1. The van der Waals surface area contributed by atoms with Crippen LogP contribution in [-0.2, 0) is 14.3 Å². The molecule has 122 valence electrons. The molecule has 5 heteroatoms. The van der Waals surface area contributed by atoms with Crippen molar-refractivity contribution in [1.82, 2.24) is 0 Å². The first-order chi connectivity index (χ1) is 10.9. The molecule has 0 aromatic heterocycles. The Kier molecular flexibility index (Phi) is 6.80. The van der Waals surface area contributed by atoms with E-state index in [0.29, 0.717) is 5.57 Å². The molecule has 0 saturated carbocycles. The van der Waals surface area contributed by atoms with Gasteiger partial charge in [0, 0.05) is 0 Å². The van der Waals surface area contributed by atoms with Gasteiger partial charge in [-0.2, -0.15) is 0 Å². The second kappa shape index (κ2) is 8.58. The van der Waals surface area contributed by atoms with Gasteiger partial charge in [-0.25, -0.2) is 9.59 Å². The molecule has 1 rings (SSSR count). The Morgan fingerprint density at radius 1 is 1.00 bits per heavy atom. The molecule has 0 bridgehead atoms. The molecule has 0 aliphatic rings. The highest BCUT2D eigenvalue weighted by molar-refractivity contribution is 6.13. The molecule has 0 amide bonds. The van der Waals surface area contributed by atoms with E-state index in [1.165, 1.54) is 6.08 Å². The monoisotopic (exact) mass is 316 g/mol. The summed E-state index contributed by atoms with van der Waals surface area (Å²) < 4.78 is 9.55. The average molecular weight is 316 g/mol. The molecule has 23 heavy (non-hydrogen) atoms. The molecular formula is C18H20O5. The van der Waals surface area contributed by atoms with E-state index in [4.69, 9.17) is 9.84 Å². The van der Waals surface area contributed by atoms with Crippen LogP contribution in [0.4, 0.5) is 0 Å². The van der Waals surface area contributed by atoms with Crippen molar-refractivity contribution < 1.29 is 24.2 Å². The Morgan fingerprint density at radius 3 is 2.09 bits per heavy atom. The molecule has 0 saturated heterocycles. The Morgan fingerprint density at radius 2 is 1.61 bits per heavy atom. The minimum atomic E-state index is -1.32. The lowest BCUT2D eigenvalue weighted by molar-refractivity contribution is -0.142. The zero-order valence-electron chi connectivity index (χ0n) is 13.6. The van der Waals surface area contributed by atoms with E-state index in [1.54, 1.807) is 20.1 Å². The van der Waals surface area contributed by atoms with Crippen molar-refractivity contribution in [2.75, 3.05) is 14.2 Å². The summed E-state index contributed by atoms with van der Waals surface area (Å²) in [5.74, 6) is -1.41. The number of hydrogen-bond donors (Lipinski definition) is 1. The summed E-state index contributed by atoms with van der Waals surface area (Å²) in [6, 6.07) is 7.54. The van der Waals surface area contributed by atoms with Crippen molar-refractivity contribution >= 4 is 18.0 Å². The van der Waals surface area contributed by atoms with E-state index in [0.717, 1.165) is 24.0 Å². The van der Waals surface area contributed by atoms with Crippen LogP contribution in [0.1, 0.15) is 19.4 Å². The van der Waals surface area contributed by atoms with Crippen LogP contribution >= 0.6 is 0 Å². The van der Waals surface area contributed by atoms with Gasteiger partial charge in [-0.1, -0.05) is 29.9 Å². The molecular weight excluding hydrogens is 296 g/mol. The highest BCUT2D eigenvalue weighted by Gasteiger charge is 2.17. The molecule has 1 aromatic rings. The van der Waals surface area contributed by atoms with Gasteiger partial charge in [-0.15, -0.1) is 0 Å². The molecule has 0 atom stereocenters. The number of allylic oxidation sites excluding steroid dienone is 4. The van der Waals surface area contributed by atoms with Gasteiger partial charge in [0.25, 0.3) is 0 Å². The summed E-state index contributed by atoms with van der Waals surface area (Å²) >= 11 is 0. The lowest BCUT2D eigenvalue weighted by Gasteiger charge is -2.02. The van der Waals surface area contributed by atoms with E-state index in [-0.39, 0.29) is 0 Å². The van der Waals surface area contributed by atoms with E-state index < -0.39 is 17.5 Å². The van der Waals surface area contributed by atoms with Gasteiger partial charge in [0.2, 0.25) is 0 Å². The van der Waals surface area contributed by atoms with Crippen molar-refractivity contribution in [1.29, 1.82) is 0 Å². The minimum absolute atomic E-state index is 0.404. The van der Waals surface area contributed by atoms with Crippen LogP contribution in [0, 0.1) is 0 Å². The van der Waals surface area contributed by atoms with Gasteiger partial charge < -0.3 is 14.6 Å². The van der Waals surface area contributed by atoms with Crippen LogP contribution in [0.15, 0.2) is 53.1 Å². The summed E-state index contributed by atoms with van der Waals surface area (Å²) in [6.45, 7) is 3.61. The van der Waals surface area contributed by atoms with Crippen molar-refractivity contribution in [3.63, 3.8) is 0 Å². The number of hydrogen-bond acceptors (Lipinski definition) is 4. The number of esters is 1. The fraction of sp³-hybridized carbons (Fsp3) is 0.222. The summed E-state index contributed by atoms with van der Waals surface area (Å²) in [5.41, 5.74) is 2.13. The molecule has 1 aromatic carbocycles. The fourth-order valence-corrected chi connectivity index (χ4v) is 1.95. The molecule has 0 aliphatic heterocycles. The van der Waals surface area contributed by atoms with Gasteiger partial charge in [0.1, 0.15) is 11.3 Å². The number of carboxylic acids is 1. The first-order valence-corrected chi connectivity index (χ1v) is 6.91. The number of carboxylic acid groups (broad SMARTS) is 1. The molecule has 1 N–H and O–H groups in total. The lowest BCUT2D eigenvalue weighted by atomic mass is 10.1. The predicted molar refractivity (Wildman–Crippen MR) is 88.1 cm³/mol. The SMILES string of the molecule is COC(=O)/C(=C/C(C)=C/C(C)=C/c1ccc(OC)cc1)C(=O)O. The van der Waals surface area contributed by atoms with Gasteiger partial charge in [0.15, 0.2) is 0 Å². The number of methoxy groups -OCH3 is 2. The number of carbonyl (C=O) groups is 2. The molecule has 0 unspecified atom stereocenters. The molecule has 0 heterocycles. The third-order valence-corrected chi connectivity index (χ3v) is 2.97. The van der Waals surface area contributed by atoms with E-state index in [9.17, 15) is 9.59 Å². The van der Waals surface area contributed by atoms with E-state index in [2.05, 4.69) is 4.74 Å². The maximum Gasteiger partial charge on any atom is 0.345 e. The number of benzene rings is 1. The topological polar surface area (TPSA) is 72.8 Å². The van der Waals surface area contributed by atoms with Gasteiger partial charge in [-0.05, 0) is 43.2 Å². The second-order valence-electron chi connectivity index (χ2n) is 4.90. The summed E-state index contributed by atoms with van der Waals surface area (Å²) in [4.78, 5) is 22.5. The van der Waals surface area contributed by atoms with Crippen molar-refractivity contribution in [2.24, 2.45) is 0 Å². The van der Waals surface area contributed by atoms with Crippen LogP contribution in [0.3, 0.4) is 0 Å². The average Bonchev–Trinajstić information content (AvgIpc) is 2.52. The molecule has 0 aliphatic carbocycles. The second-order valence-corrected chi connectivity index (χ2v) is 4.90. The Balaban J connectivity index is 3.00. The van der Waals surface area contributed by atoms with E-state index in [1.807, 2.05) is 37.3 Å². The number of rotatable bonds is 6. The van der Waals surface area contributed by atoms with Crippen LogP contribution in [0.25, 0.3) is 6.08 Å². The van der Waals surface area contributed by atoms with E-state index >= 15 is 0 Å². The Labute approximate surface area is 135 Å². The predicted octanol–water partition coefficient (Wildman–Crippen LogP) is 3.23. The molecule has 5 nitrogen and oxygen atoms in total. The largest absolute Gasteiger partial charge is 0.497 e. The minimum Gasteiger partial charge on any atom is -0.497 e.